The summed E-state index contributed by atoms with van der Waals surface area (Å²) in [6, 6.07) is 89.2. The average molecular weight is 903 g/mol. The van der Waals surface area contributed by atoms with Crippen LogP contribution in [0.5, 0.6) is 0 Å². The van der Waals surface area contributed by atoms with Crippen LogP contribution in [0.1, 0.15) is 52.7 Å². The van der Waals surface area contributed by atoms with E-state index >= 15 is 0 Å². The van der Waals surface area contributed by atoms with Crippen molar-refractivity contribution in [3.8, 4) is 61.3 Å². The summed E-state index contributed by atoms with van der Waals surface area (Å²) in [7, 11) is 0. The molecule has 0 N–H and O–H groups in total. The van der Waals surface area contributed by atoms with Gasteiger partial charge in [-0.1, -0.05) is 211 Å². The van der Waals surface area contributed by atoms with Crippen molar-refractivity contribution in [3.63, 3.8) is 0 Å². The molecule has 11 rings (SSSR count). The Morgan fingerprint density at radius 2 is 0.571 bits per heavy atom. The number of aromatic nitrogens is 1. The molecule has 0 atom stereocenters. The van der Waals surface area contributed by atoms with Crippen molar-refractivity contribution in [2.24, 2.45) is 0 Å². The maximum atomic E-state index is 2.45. The van der Waals surface area contributed by atoms with Crippen LogP contribution in [0.3, 0.4) is 0 Å². The minimum Gasteiger partial charge on any atom is -0.311 e. The molecule has 0 saturated carbocycles. The first-order chi connectivity index (χ1) is 33.9. The third kappa shape index (κ3) is 8.74. The lowest BCUT2D eigenvalue weighted by molar-refractivity contribution is 0.590. The number of hydrogen-bond acceptors (Lipinski definition) is 1. The highest BCUT2D eigenvalue weighted by atomic mass is 15.1. The fourth-order valence-corrected chi connectivity index (χ4v) is 9.93. The van der Waals surface area contributed by atoms with Gasteiger partial charge in [-0.3, -0.25) is 0 Å². The maximum Gasteiger partial charge on any atom is 0.0541 e. The van der Waals surface area contributed by atoms with Gasteiger partial charge in [-0.25, -0.2) is 0 Å². The van der Waals surface area contributed by atoms with Crippen LogP contribution in [0.2, 0.25) is 0 Å². The lowest BCUT2D eigenvalue weighted by Gasteiger charge is -2.26. The smallest absolute Gasteiger partial charge is 0.0541 e. The molecule has 340 valence electrons. The second kappa shape index (κ2) is 18.0. The molecule has 0 amide bonds. The van der Waals surface area contributed by atoms with Crippen LogP contribution in [0.25, 0.3) is 83.1 Å². The second-order valence-corrected chi connectivity index (χ2v) is 20.7. The highest BCUT2D eigenvalue weighted by molar-refractivity contribution is 6.11. The molecule has 0 aliphatic heterocycles. The van der Waals surface area contributed by atoms with Crippen molar-refractivity contribution >= 4 is 38.9 Å². The van der Waals surface area contributed by atoms with E-state index in [1.807, 2.05) is 0 Å². The molecule has 1 heterocycles. The number of anilines is 3. The van der Waals surface area contributed by atoms with Crippen LogP contribution in [0, 0.1) is 0 Å². The van der Waals surface area contributed by atoms with E-state index in [0.717, 1.165) is 33.9 Å². The molecule has 0 saturated heterocycles. The lowest BCUT2D eigenvalue weighted by atomic mass is 9.86. The lowest BCUT2D eigenvalue weighted by Crippen LogP contribution is -2.10. The Balaban J connectivity index is 0.975. The molecule has 0 aliphatic rings. The Hall–Kier alpha value is -8.20. The Kier molecular flexibility index (Phi) is 11.4. The van der Waals surface area contributed by atoms with E-state index < -0.39 is 0 Å². The first-order valence-corrected chi connectivity index (χ1v) is 24.6. The topological polar surface area (TPSA) is 8.17 Å². The number of nitrogens with zero attached hydrogens (tertiary/aromatic N) is 2. The number of rotatable bonds is 9. The van der Waals surface area contributed by atoms with Gasteiger partial charge in [-0.05, 0) is 150 Å². The maximum absolute atomic E-state index is 2.45. The molecule has 0 bridgehead atoms. The quantitative estimate of drug-likeness (QED) is 0.140. The van der Waals surface area contributed by atoms with E-state index in [-0.39, 0.29) is 10.8 Å². The largest absolute Gasteiger partial charge is 0.311 e. The van der Waals surface area contributed by atoms with Crippen molar-refractivity contribution in [2.75, 3.05) is 4.90 Å². The van der Waals surface area contributed by atoms with Crippen molar-refractivity contribution in [3.05, 3.63) is 254 Å². The molecule has 11 aromatic rings. The first-order valence-electron chi connectivity index (χ1n) is 24.6. The molecular weight excluding hydrogens is 845 g/mol. The van der Waals surface area contributed by atoms with Gasteiger partial charge in [0.25, 0.3) is 0 Å². The van der Waals surface area contributed by atoms with Gasteiger partial charge in [0, 0.05) is 33.5 Å². The molecule has 70 heavy (non-hydrogen) atoms. The Labute approximate surface area is 413 Å². The van der Waals surface area contributed by atoms with Gasteiger partial charge in [0.1, 0.15) is 0 Å². The van der Waals surface area contributed by atoms with Crippen LogP contribution < -0.4 is 4.90 Å². The summed E-state index contributed by atoms with van der Waals surface area (Å²) in [5.41, 5.74) is 21.7. The van der Waals surface area contributed by atoms with Gasteiger partial charge in [0.05, 0.1) is 11.0 Å². The zero-order valence-electron chi connectivity index (χ0n) is 41.0. The zero-order valence-corrected chi connectivity index (χ0v) is 41.0. The Bertz CT molecular complexity index is 3390. The number of fused-ring (bicyclic) bond motifs is 3. The highest BCUT2D eigenvalue weighted by Crippen LogP contribution is 2.41. The summed E-state index contributed by atoms with van der Waals surface area (Å²) in [5, 5.41) is 2.48. The van der Waals surface area contributed by atoms with E-state index in [2.05, 4.69) is 294 Å². The van der Waals surface area contributed by atoms with E-state index in [0.29, 0.717) is 0 Å². The molecule has 0 unspecified atom stereocenters. The van der Waals surface area contributed by atoms with Crippen molar-refractivity contribution in [2.45, 2.75) is 52.4 Å². The van der Waals surface area contributed by atoms with Gasteiger partial charge in [-0.2, -0.15) is 0 Å². The predicted octanol–water partition coefficient (Wildman–Crippen LogP) is 19.2. The molecule has 0 spiro atoms. The van der Waals surface area contributed by atoms with Crippen LogP contribution >= 0.6 is 0 Å². The van der Waals surface area contributed by atoms with Gasteiger partial charge >= 0.3 is 0 Å². The molecule has 2 heteroatoms. The van der Waals surface area contributed by atoms with Gasteiger partial charge in [0.15, 0.2) is 0 Å². The van der Waals surface area contributed by atoms with Gasteiger partial charge in [0.2, 0.25) is 0 Å². The van der Waals surface area contributed by atoms with Crippen molar-refractivity contribution in [1.82, 2.24) is 4.57 Å². The number of benzene rings is 10. The molecule has 0 radical (unpaired) electrons. The van der Waals surface area contributed by atoms with Gasteiger partial charge < -0.3 is 9.47 Å². The Morgan fingerprint density at radius 1 is 0.271 bits per heavy atom. The summed E-state index contributed by atoms with van der Waals surface area (Å²) < 4.78 is 2.45. The normalized spacial score (nSPS) is 11.9. The molecule has 0 fully saturated rings. The van der Waals surface area contributed by atoms with Crippen LogP contribution in [-0.2, 0) is 10.8 Å². The van der Waals surface area contributed by atoms with E-state index in [1.54, 1.807) is 0 Å². The fourth-order valence-electron chi connectivity index (χ4n) is 9.93. The van der Waals surface area contributed by atoms with E-state index in [4.69, 9.17) is 0 Å². The van der Waals surface area contributed by atoms with Crippen molar-refractivity contribution in [1.29, 1.82) is 0 Å². The highest BCUT2D eigenvalue weighted by Gasteiger charge is 2.19. The van der Waals surface area contributed by atoms with Crippen molar-refractivity contribution < 1.29 is 0 Å². The summed E-state index contributed by atoms with van der Waals surface area (Å²) in [6.07, 6.45) is 0. The first kappa shape index (κ1) is 44.3. The molecular formula is C68H58N2. The monoisotopic (exact) mass is 902 g/mol. The minimum absolute atomic E-state index is 0.0973. The minimum atomic E-state index is 0.0973. The SMILES string of the molecule is CC(C)(C)c1ccc(-c2ccc3c(c2)c2cc(-c4ccc(C(C)(C)C)cc4)ccc2n3-c2cccc(-c3ccc(N(c4ccc(-c5ccccc5)cc4)c4ccc(-c5ccccc5)cc4)cc3)c2)cc1. The summed E-state index contributed by atoms with van der Waals surface area (Å²) >= 11 is 0. The zero-order chi connectivity index (χ0) is 48.0. The van der Waals surface area contributed by atoms with Crippen LogP contribution in [0.15, 0.2) is 243 Å². The number of hydrogen-bond donors (Lipinski definition) is 0. The molecule has 10 aromatic carbocycles. The van der Waals surface area contributed by atoms with E-state index in [9.17, 15) is 0 Å². The fraction of sp³-hybridized carbons (Fsp3) is 0.118. The summed E-state index contributed by atoms with van der Waals surface area (Å²) in [4.78, 5) is 2.35. The molecule has 2 nitrogen and oxygen atoms in total. The second-order valence-electron chi connectivity index (χ2n) is 20.7. The van der Waals surface area contributed by atoms with Crippen LogP contribution in [-0.4, -0.2) is 4.57 Å². The Morgan fingerprint density at radius 3 is 0.943 bits per heavy atom. The molecule has 0 aliphatic carbocycles. The molecule has 1 aromatic heterocycles. The summed E-state index contributed by atoms with van der Waals surface area (Å²) in [6.45, 7) is 13.6. The third-order valence-electron chi connectivity index (χ3n) is 14.0. The standard InChI is InChI=1S/C68H58N2/c1-67(2,3)57-32-20-51(21-33-57)55-30-42-65-63(45-55)64-46-56(52-22-34-58(35-23-52)68(4,5)6)31-43-66(64)70(65)62-19-13-18-54(44-62)53-28-40-61(41-29-53)69(59-36-24-49(25-37-59)47-14-9-7-10-15-47)60-38-26-50(27-39-60)48-16-11-8-12-17-48/h7-46H,1-6H3. The summed E-state index contributed by atoms with van der Waals surface area (Å²) in [5.74, 6) is 0. The van der Waals surface area contributed by atoms with Crippen LogP contribution in [0.4, 0.5) is 17.1 Å². The van der Waals surface area contributed by atoms with E-state index in [1.165, 1.54) is 77.4 Å². The van der Waals surface area contributed by atoms with Gasteiger partial charge in [-0.15, -0.1) is 0 Å². The average Bonchev–Trinajstić information content (AvgIpc) is 3.72. The predicted molar refractivity (Wildman–Crippen MR) is 300 cm³/mol. The third-order valence-corrected chi connectivity index (χ3v) is 14.0.